The molecule has 0 saturated heterocycles. The van der Waals surface area contributed by atoms with Crippen molar-refractivity contribution in [3.05, 3.63) is 33.8 Å². The monoisotopic (exact) mass is 320 g/mol. The first-order valence-corrected chi connectivity index (χ1v) is 7.37. The largest absolute Gasteiger partial charge is 0.322 e. The Morgan fingerprint density at radius 3 is 2.74 bits per heavy atom. The first kappa shape index (κ1) is 14.1. The van der Waals surface area contributed by atoms with Gasteiger partial charge in [0.15, 0.2) is 0 Å². The molecule has 0 radical (unpaired) electrons. The van der Waals surface area contributed by atoms with E-state index in [9.17, 15) is 4.79 Å². The van der Waals surface area contributed by atoms with Crippen LogP contribution in [0.3, 0.4) is 0 Å². The number of aryl methyl sites for hydroxylation is 1. The van der Waals surface area contributed by atoms with E-state index >= 15 is 0 Å². The van der Waals surface area contributed by atoms with Crippen LogP contribution in [0, 0.1) is 18.3 Å². The standard InChI is InChI=1S/C15H17BrN2O/c1-11-6-7-12(10-14(11)16)15(19)18(9-8-17)13-4-2-3-5-13/h6-7,10,13H,2-5,9H2,1H3. The summed E-state index contributed by atoms with van der Waals surface area (Å²) in [5.74, 6) is -0.0332. The SMILES string of the molecule is Cc1ccc(C(=O)N(CC#N)C2CCCC2)cc1Br. The Hall–Kier alpha value is -1.34. The molecule has 0 unspecified atom stereocenters. The zero-order valence-electron chi connectivity index (χ0n) is 11.0. The van der Waals surface area contributed by atoms with E-state index in [4.69, 9.17) is 5.26 Å². The average molecular weight is 321 g/mol. The van der Waals surface area contributed by atoms with Crippen LogP contribution in [0.2, 0.25) is 0 Å². The minimum atomic E-state index is -0.0332. The molecule has 1 fully saturated rings. The summed E-state index contributed by atoms with van der Waals surface area (Å²) in [6, 6.07) is 7.95. The maximum atomic E-state index is 12.5. The van der Waals surface area contributed by atoms with Crippen LogP contribution in [0.1, 0.15) is 41.6 Å². The van der Waals surface area contributed by atoms with E-state index in [0.29, 0.717) is 5.56 Å². The van der Waals surface area contributed by atoms with Gasteiger partial charge >= 0.3 is 0 Å². The number of carbonyl (C=O) groups is 1. The third kappa shape index (κ3) is 3.16. The molecule has 1 aromatic carbocycles. The third-order valence-corrected chi connectivity index (χ3v) is 4.54. The summed E-state index contributed by atoms with van der Waals surface area (Å²) in [7, 11) is 0. The lowest BCUT2D eigenvalue weighted by Gasteiger charge is -2.26. The zero-order chi connectivity index (χ0) is 13.8. The molecule has 0 bridgehead atoms. The number of amides is 1. The highest BCUT2D eigenvalue weighted by molar-refractivity contribution is 9.10. The van der Waals surface area contributed by atoms with Crippen LogP contribution in [0.5, 0.6) is 0 Å². The number of halogens is 1. The molecule has 1 amide bonds. The molecule has 0 spiro atoms. The average Bonchev–Trinajstić information content (AvgIpc) is 2.92. The van der Waals surface area contributed by atoms with Crippen molar-refractivity contribution < 1.29 is 4.79 Å². The zero-order valence-corrected chi connectivity index (χ0v) is 12.6. The predicted molar refractivity (Wildman–Crippen MR) is 77.8 cm³/mol. The molecule has 0 aliphatic heterocycles. The second-order valence-corrected chi connectivity index (χ2v) is 5.85. The fourth-order valence-electron chi connectivity index (χ4n) is 2.55. The lowest BCUT2D eigenvalue weighted by molar-refractivity contribution is 0.0709. The lowest BCUT2D eigenvalue weighted by Crippen LogP contribution is -2.39. The Morgan fingerprint density at radius 1 is 1.47 bits per heavy atom. The summed E-state index contributed by atoms with van der Waals surface area (Å²) in [6.45, 7) is 2.16. The van der Waals surface area contributed by atoms with E-state index in [0.717, 1.165) is 35.7 Å². The van der Waals surface area contributed by atoms with Crippen LogP contribution in [0.25, 0.3) is 0 Å². The number of hydrogen-bond donors (Lipinski definition) is 0. The van der Waals surface area contributed by atoms with E-state index in [1.807, 2.05) is 25.1 Å². The van der Waals surface area contributed by atoms with E-state index < -0.39 is 0 Å². The summed E-state index contributed by atoms with van der Waals surface area (Å²) < 4.78 is 0.932. The van der Waals surface area contributed by atoms with Crippen LogP contribution in [0.4, 0.5) is 0 Å². The van der Waals surface area contributed by atoms with E-state index in [1.54, 1.807) is 4.90 Å². The van der Waals surface area contributed by atoms with Gasteiger partial charge in [-0.15, -0.1) is 0 Å². The highest BCUT2D eigenvalue weighted by Crippen LogP contribution is 2.26. The lowest BCUT2D eigenvalue weighted by atomic mass is 10.1. The van der Waals surface area contributed by atoms with Crippen molar-refractivity contribution in [2.24, 2.45) is 0 Å². The Morgan fingerprint density at radius 2 is 2.16 bits per heavy atom. The highest BCUT2D eigenvalue weighted by Gasteiger charge is 2.27. The van der Waals surface area contributed by atoms with Gasteiger partial charge in [0.25, 0.3) is 5.91 Å². The maximum absolute atomic E-state index is 12.5. The minimum absolute atomic E-state index is 0.0332. The molecule has 100 valence electrons. The molecule has 3 nitrogen and oxygen atoms in total. The Kier molecular flexibility index (Phi) is 4.60. The quantitative estimate of drug-likeness (QED) is 0.797. The van der Waals surface area contributed by atoms with Crippen molar-refractivity contribution in [1.29, 1.82) is 5.26 Å². The van der Waals surface area contributed by atoms with Gasteiger partial charge < -0.3 is 4.90 Å². The Labute approximate surface area is 122 Å². The van der Waals surface area contributed by atoms with E-state index in [-0.39, 0.29) is 18.5 Å². The number of benzene rings is 1. The van der Waals surface area contributed by atoms with Gasteiger partial charge in [-0.2, -0.15) is 5.26 Å². The number of nitrogens with zero attached hydrogens (tertiary/aromatic N) is 2. The third-order valence-electron chi connectivity index (χ3n) is 3.69. The summed E-state index contributed by atoms with van der Waals surface area (Å²) in [4.78, 5) is 14.3. The summed E-state index contributed by atoms with van der Waals surface area (Å²) >= 11 is 3.45. The van der Waals surface area contributed by atoms with Gasteiger partial charge in [-0.1, -0.05) is 34.8 Å². The smallest absolute Gasteiger partial charge is 0.254 e. The van der Waals surface area contributed by atoms with Crippen LogP contribution in [0.15, 0.2) is 22.7 Å². The molecule has 1 aliphatic carbocycles. The molecular formula is C15H17BrN2O. The van der Waals surface area contributed by atoms with Gasteiger partial charge in [-0.3, -0.25) is 4.79 Å². The van der Waals surface area contributed by atoms with Gasteiger partial charge in [-0.25, -0.2) is 0 Å². The Bertz CT molecular complexity index is 515. The summed E-state index contributed by atoms with van der Waals surface area (Å²) in [5, 5.41) is 8.94. The fourth-order valence-corrected chi connectivity index (χ4v) is 2.93. The van der Waals surface area contributed by atoms with Gasteiger partial charge in [0.05, 0.1) is 6.07 Å². The summed E-state index contributed by atoms with van der Waals surface area (Å²) in [5.41, 5.74) is 1.75. The fraction of sp³-hybridized carbons (Fsp3) is 0.467. The minimum Gasteiger partial charge on any atom is -0.322 e. The molecule has 0 heterocycles. The number of rotatable bonds is 3. The molecule has 4 heteroatoms. The van der Waals surface area contributed by atoms with Gasteiger partial charge in [-0.05, 0) is 37.5 Å². The van der Waals surface area contributed by atoms with Crippen molar-refractivity contribution in [1.82, 2.24) is 4.90 Å². The molecule has 1 aromatic rings. The van der Waals surface area contributed by atoms with E-state index in [2.05, 4.69) is 22.0 Å². The molecule has 0 N–H and O–H groups in total. The second kappa shape index (κ2) is 6.21. The van der Waals surface area contributed by atoms with Crippen LogP contribution >= 0.6 is 15.9 Å². The molecule has 1 aliphatic rings. The van der Waals surface area contributed by atoms with Crippen molar-refractivity contribution in [3.8, 4) is 6.07 Å². The number of nitriles is 1. The van der Waals surface area contributed by atoms with Crippen molar-refractivity contribution in [2.45, 2.75) is 38.6 Å². The molecule has 1 saturated carbocycles. The summed E-state index contributed by atoms with van der Waals surface area (Å²) in [6.07, 6.45) is 4.33. The second-order valence-electron chi connectivity index (χ2n) is 4.99. The first-order chi connectivity index (χ1) is 9.13. The topological polar surface area (TPSA) is 44.1 Å². The molecule has 0 atom stereocenters. The number of hydrogen-bond acceptors (Lipinski definition) is 2. The van der Waals surface area contributed by atoms with Crippen molar-refractivity contribution >= 4 is 21.8 Å². The molecule has 19 heavy (non-hydrogen) atoms. The van der Waals surface area contributed by atoms with Crippen molar-refractivity contribution in [3.63, 3.8) is 0 Å². The van der Waals surface area contributed by atoms with Gasteiger partial charge in [0.1, 0.15) is 6.54 Å². The Balaban J connectivity index is 2.23. The van der Waals surface area contributed by atoms with Gasteiger partial charge in [0.2, 0.25) is 0 Å². The maximum Gasteiger partial charge on any atom is 0.254 e. The first-order valence-electron chi connectivity index (χ1n) is 6.57. The van der Waals surface area contributed by atoms with Crippen LogP contribution in [-0.4, -0.2) is 23.4 Å². The predicted octanol–water partition coefficient (Wildman–Crippen LogP) is 3.67. The van der Waals surface area contributed by atoms with Crippen LogP contribution in [-0.2, 0) is 0 Å². The number of carbonyl (C=O) groups excluding carboxylic acids is 1. The van der Waals surface area contributed by atoms with Crippen LogP contribution < -0.4 is 0 Å². The molecule has 2 rings (SSSR count). The van der Waals surface area contributed by atoms with Gasteiger partial charge in [0, 0.05) is 16.1 Å². The van der Waals surface area contributed by atoms with E-state index in [1.165, 1.54) is 0 Å². The molecule has 0 aromatic heterocycles. The molecular weight excluding hydrogens is 304 g/mol. The van der Waals surface area contributed by atoms with Crippen molar-refractivity contribution in [2.75, 3.05) is 6.54 Å². The normalized spacial score (nSPS) is 15.2. The highest BCUT2D eigenvalue weighted by atomic mass is 79.9.